The minimum Gasteiger partial charge on any atom is -0.493 e. The van der Waals surface area contributed by atoms with Crippen molar-refractivity contribution in [3.05, 3.63) is 59.7 Å². The minimum absolute atomic E-state index is 0.0400. The van der Waals surface area contributed by atoms with E-state index < -0.39 is 0 Å². The van der Waals surface area contributed by atoms with Crippen LogP contribution in [0.25, 0.3) is 0 Å². The zero-order valence-corrected chi connectivity index (χ0v) is 14.4. The van der Waals surface area contributed by atoms with Crippen molar-refractivity contribution in [2.75, 3.05) is 20.3 Å². The zero-order valence-electron chi connectivity index (χ0n) is 14.4. The second-order valence-electron chi connectivity index (χ2n) is 5.52. The standard InChI is InChI=1S/C20H25NO3/c1-3-16-8-10-17(11-9-16)12-13-20(22)21-14-15-24-19-7-5-4-6-18(19)23-2/h4-11H,3,12-15H2,1-2H3,(H,21,22). The van der Waals surface area contributed by atoms with Crippen LogP contribution in [0.3, 0.4) is 0 Å². The molecule has 0 aromatic heterocycles. The summed E-state index contributed by atoms with van der Waals surface area (Å²) < 4.78 is 10.8. The molecule has 0 atom stereocenters. The van der Waals surface area contributed by atoms with Gasteiger partial charge in [0, 0.05) is 6.42 Å². The first-order valence-electron chi connectivity index (χ1n) is 8.33. The molecule has 128 valence electrons. The maximum absolute atomic E-state index is 11.9. The van der Waals surface area contributed by atoms with Crippen LogP contribution in [0.4, 0.5) is 0 Å². The van der Waals surface area contributed by atoms with Crippen LogP contribution in [0.2, 0.25) is 0 Å². The van der Waals surface area contributed by atoms with Gasteiger partial charge in [0.25, 0.3) is 0 Å². The van der Waals surface area contributed by atoms with E-state index in [4.69, 9.17) is 9.47 Å². The van der Waals surface area contributed by atoms with Gasteiger partial charge in [-0.15, -0.1) is 0 Å². The van der Waals surface area contributed by atoms with Crippen molar-refractivity contribution in [3.8, 4) is 11.5 Å². The van der Waals surface area contributed by atoms with Gasteiger partial charge in [-0.3, -0.25) is 4.79 Å². The van der Waals surface area contributed by atoms with Crippen molar-refractivity contribution in [2.45, 2.75) is 26.2 Å². The molecule has 0 fully saturated rings. The fourth-order valence-corrected chi connectivity index (χ4v) is 2.38. The average Bonchev–Trinajstić information content (AvgIpc) is 2.64. The van der Waals surface area contributed by atoms with Crippen LogP contribution in [-0.4, -0.2) is 26.2 Å². The first-order valence-corrected chi connectivity index (χ1v) is 8.33. The maximum atomic E-state index is 11.9. The molecule has 1 N–H and O–H groups in total. The summed E-state index contributed by atoms with van der Waals surface area (Å²) >= 11 is 0. The fourth-order valence-electron chi connectivity index (χ4n) is 2.38. The number of hydrogen-bond acceptors (Lipinski definition) is 3. The molecule has 24 heavy (non-hydrogen) atoms. The van der Waals surface area contributed by atoms with E-state index in [9.17, 15) is 4.79 Å². The summed E-state index contributed by atoms with van der Waals surface area (Å²) in [5.41, 5.74) is 2.50. The van der Waals surface area contributed by atoms with Gasteiger partial charge in [0.05, 0.1) is 13.7 Å². The lowest BCUT2D eigenvalue weighted by Gasteiger charge is -2.11. The van der Waals surface area contributed by atoms with Crippen molar-refractivity contribution < 1.29 is 14.3 Å². The summed E-state index contributed by atoms with van der Waals surface area (Å²) in [7, 11) is 1.61. The largest absolute Gasteiger partial charge is 0.493 e. The quantitative estimate of drug-likeness (QED) is 0.718. The lowest BCUT2D eigenvalue weighted by atomic mass is 10.1. The van der Waals surface area contributed by atoms with Crippen LogP contribution >= 0.6 is 0 Å². The monoisotopic (exact) mass is 327 g/mol. The fraction of sp³-hybridized carbons (Fsp3) is 0.350. The van der Waals surface area contributed by atoms with Crippen LogP contribution < -0.4 is 14.8 Å². The Labute approximate surface area is 143 Å². The molecule has 4 heteroatoms. The van der Waals surface area contributed by atoms with Crippen molar-refractivity contribution in [3.63, 3.8) is 0 Å². The molecular formula is C20H25NO3. The van der Waals surface area contributed by atoms with E-state index in [1.807, 2.05) is 24.3 Å². The molecule has 2 rings (SSSR count). The van der Waals surface area contributed by atoms with Crippen LogP contribution in [0.1, 0.15) is 24.5 Å². The summed E-state index contributed by atoms with van der Waals surface area (Å²) in [5.74, 6) is 1.42. The predicted octanol–water partition coefficient (Wildman–Crippen LogP) is 3.39. The Morgan fingerprint density at radius 3 is 2.33 bits per heavy atom. The van der Waals surface area contributed by atoms with Crippen molar-refractivity contribution in [1.29, 1.82) is 0 Å². The molecule has 1 amide bonds. The van der Waals surface area contributed by atoms with E-state index in [-0.39, 0.29) is 5.91 Å². The topological polar surface area (TPSA) is 47.6 Å². The van der Waals surface area contributed by atoms with Gasteiger partial charge in [-0.2, -0.15) is 0 Å². The number of rotatable bonds is 9. The van der Waals surface area contributed by atoms with Crippen LogP contribution in [0.15, 0.2) is 48.5 Å². The summed E-state index contributed by atoms with van der Waals surface area (Å²) in [4.78, 5) is 11.9. The molecule has 0 saturated carbocycles. The SMILES string of the molecule is CCc1ccc(CCC(=O)NCCOc2ccccc2OC)cc1. The second-order valence-corrected chi connectivity index (χ2v) is 5.52. The Hall–Kier alpha value is -2.49. The number of benzene rings is 2. The Balaban J connectivity index is 1.66. The first-order chi connectivity index (χ1) is 11.7. The molecule has 0 spiro atoms. The van der Waals surface area contributed by atoms with Crippen molar-refractivity contribution in [1.82, 2.24) is 5.32 Å². The van der Waals surface area contributed by atoms with Gasteiger partial charge in [0.1, 0.15) is 6.61 Å². The summed E-state index contributed by atoms with van der Waals surface area (Å²) in [5, 5.41) is 2.88. The number of hydrogen-bond donors (Lipinski definition) is 1. The highest BCUT2D eigenvalue weighted by atomic mass is 16.5. The molecular weight excluding hydrogens is 302 g/mol. The molecule has 0 heterocycles. The smallest absolute Gasteiger partial charge is 0.220 e. The molecule has 0 bridgehead atoms. The van der Waals surface area contributed by atoms with E-state index in [0.29, 0.717) is 31.1 Å². The van der Waals surface area contributed by atoms with E-state index in [1.54, 1.807) is 7.11 Å². The molecule has 4 nitrogen and oxygen atoms in total. The van der Waals surface area contributed by atoms with Crippen LogP contribution in [0, 0.1) is 0 Å². The van der Waals surface area contributed by atoms with Gasteiger partial charge >= 0.3 is 0 Å². The summed E-state index contributed by atoms with van der Waals surface area (Å²) in [6.45, 7) is 3.03. The van der Waals surface area contributed by atoms with Gasteiger partial charge in [-0.1, -0.05) is 43.3 Å². The number of carbonyl (C=O) groups is 1. The van der Waals surface area contributed by atoms with E-state index in [1.165, 1.54) is 11.1 Å². The Morgan fingerprint density at radius 2 is 1.67 bits per heavy atom. The van der Waals surface area contributed by atoms with Gasteiger partial charge in [-0.05, 0) is 36.1 Å². The number of amides is 1. The lowest BCUT2D eigenvalue weighted by Crippen LogP contribution is -2.28. The van der Waals surface area contributed by atoms with E-state index in [0.717, 1.165) is 12.8 Å². The Kier molecular flexibility index (Phi) is 7.15. The number of nitrogens with one attached hydrogen (secondary N) is 1. The molecule has 0 aliphatic heterocycles. The average molecular weight is 327 g/mol. The third-order valence-electron chi connectivity index (χ3n) is 3.82. The molecule has 0 aliphatic rings. The molecule has 2 aromatic carbocycles. The molecule has 0 aliphatic carbocycles. The third-order valence-corrected chi connectivity index (χ3v) is 3.82. The number of methoxy groups -OCH3 is 1. The molecule has 0 saturated heterocycles. The summed E-state index contributed by atoms with van der Waals surface area (Å²) in [6, 6.07) is 15.9. The van der Waals surface area contributed by atoms with E-state index in [2.05, 4.69) is 36.5 Å². The van der Waals surface area contributed by atoms with Gasteiger partial charge in [-0.25, -0.2) is 0 Å². The van der Waals surface area contributed by atoms with Crippen LogP contribution in [-0.2, 0) is 17.6 Å². The van der Waals surface area contributed by atoms with Gasteiger partial charge < -0.3 is 14.8 Å². The molecule has 0 radical (unpaired) electrons. The minimum atomic E-state index is 0.0400. The zero-order chi connectivity index (χ0) is 17.2. The second kappa shape index (κ2) is 9.60. The highest BCUT2D eigenvalue weighted by molar-refractivity contribution is 5.76. The van der Waals surface area contributed by atoms with Gasteiger partial charge in [0.2, 0.25) is 5.91 Å². The predicted molar refractivity (Wildman–Crippen MR) is 95.6 cm³/mol. The Morgan fingerprint density at radius 1 is 1.00 bits per heavy atom. The van der Waals surface area contributed by atoms with E-state index >= 15 is 0 Å². The highest BCUT2D eigenvalue weighted by Crippen LogP contribution is 2.25. The molecule has 0 unspecified atom stereocenters. The maximum Gasteiger partial charge on any atom is 0.220 e. The number of ether oxygens (including phenoxy) is 2. The normalized spacial score (nSPS) is 10.2. The third kappa shape index (κ3) is 5.61. The summed E-state index contributed by atoms with van der Waals surface area (Å²) in [6.07, 6.45) is 2.27. The lowest BCUT2D eigenvalue weighted by molar-refractivity contribution is -0.121. The molecule has 2 aromatic rings. The highest BCUT2D eigenvalue weighted by Gasteiger charge is 2.04. The van der Waals surface area contributed by atoms with Crippen molar-refractivity contribution >= 4 is 5.91 Å². The first kappa shape index (κ1) is 17.9. The van der Waals surface area contributed by atoms with Crippen LogP contribution in [0.5, 0.6) is 11.5 Å². The Bertz CT molecular complexity index is 638. The number of aryl methyl sites for hydroxylation is 2. The van der Waals surface area contributed by atoms with Gasteiger partial charge in [0.15, 0.2) is 11.5 Å². The number of carbonyl (C=O) groups excluding carboxylic acids is 1. The van der Waals surface area contributed by atoms with Crippen molar-refractivity contribution in [2.24, 2.45) is 0 Å². The number of para-hydroxylation sites is 2.